The van der Waals surface area contributed by atoms with E-state index in [9.17, 15) is 4.79 Å². The topological polar surface area (TPSA) is 86.5 Å². The van der Waals surface area contributed by atoms with Crippen molar-refractivity contribution in [2.24, 2.45) is 0 Å². The molecule has 1 amide bonds. The molecule has 0 saturated heterocycles. The summed E-state index contributed by atoms with van der Waals surface area (Å²) in [5.41, 5.74) is 0. The van der Waals surface area contributed by atoms with Crippen molar-refractivity contribution in [3.05, 3.63) is 29.9 Å². The molecule has 0 saturated carbocycles. The maximum Gasteiger partial charge on any atom is 0.248 e. The minimum atomic E-state index is -0.294. The fraction of sp³-hybridized carbons (Fsp3) is 0.438. The van der Waals surface area contributed by atoms with Gasteiger partial charge < -0.3 is 19.3 Å². The van der Waals surface area contributed by atoms with E-state index in [4.69, 9.17) is 14.0 Å². The van der Waals surface area contributed by atoms with Crippen LogP contribution in [0.15, 0.2) is 27.6 Å². The Labute approximate surface area is 144 Å². The van der Waals surface area contributed by atoms with Gasteiger partial charge in [-0.15, -0.1) is 11.8 Å². The number of rotatable bonds is 6. The first-order chi connectivity index (χ1) is 11.6. The number of nitrogens with one attached hydrogen (secondary N) is 1. The minimum absolute atomic E-state index is 0.0524. The average molecular weight is 349 g/mol. The largest absolute Gasteiger partial charge is 0.486 e. The van der Waals surface area contributed by atoms with Crippen molar-refractivity contribution in [3.8, 4) is 11.5 Å². The van der Waals surface area contributed by atoms with Gasteiger partial charge in [-0.05, 0) is 32.0 Å². The monoisotopic (exact) mass is 349 g/mol. The molecular formula is C16H19N3O4S. The molecule has 0 fully saturated rings. The molecule has 0 aliphatic carbocycles. The molecule has 24 heavy (non-hydrogen) atoms. The molecule has 2 aromatic rings. The molecular weight excluding hydrogens is 330 g/mol. The summed E-state index contributed by atoms with van der Waals surface area (Å²) >= 11 is 1.60. The second-order valence-corrected chi connectivity index (χ2v) is 6.54. The minimum Gasteiger partial charge on any atom is -0.486 e. The van der Waals surface area contributed by atoms with Crippen molar-refractivity contribution in [2.45, 2.75) is 31.2 Å². The number of thioether (sulfide) groups is 1. The Morgan fingerprint density at radius 2 is 2.12 bits per heavy atom. The van der Waals surface area contributed by atoms with Crippen molar-refractivity contribution in [3.63, 3.8) is 0 Å². The highest BCUT2D eigenvalue weighted by Gasteiger charge is 2.16. The summed E-state index contributed by atoms with van der Waals surface area (Å²) in [4.78, 5) is 17.2. The molecule has 7 nitrogen and oxygen atoms in total. The van der Waals surface area contributed by atoms with Gasteiger partial charge in [0.25, 0.3) is 0 Å². The van der Waals surface area contributed by atoms with Crippen LogP contribution in [0.1, 0.15) is 31.1 Å². The van der Waals surface area contributed by atoms with Gasteiger partial charge in [-0.25, -0.2) is 0 Å². The highest BCUT2D eigenvalue weighted by Crippen LogP contribution is 2.34. The Balaban J connectivity index is 1.45. The first kappa shape index (κ1) is 16.6. The van der Waals surface area contributed by atoms with Gasteiger partial charge >= 0.3 is 0 Å². The molecule has 0 radical (unpaired) electrons. The van der Waals surface area contributed by atoms with Crippen LogP contribution in [0.25, 0.3) is 0 Å². The molecule has 1 atom stereocenters. The van der Waals surface area contributed by atoms with Crippen molar-refractivity contribution >= 4 is 17.7 Å². The number of nitrogens with zero attached hydrogens (tertiary/aromatic N) is 2. The van der Waals surface area contributed by atoms with Crippen molar-refractivity contribution < 1.29 is 18.8 Å². The van der Waals surface area contributed by atoms with E-state index in [0.29, 0.717) is 37.1 Å². The Kier molecular flexibility index (Phi) is 5.24. The molecule has 0 unspecified atom stereocenters. The Hall–Kier alpha value is -2.22. The third-order valence-electron chi connectivity index (χ3n) is 3.40. The molecule has 1 aromatic carbocycles. The van der Waals surface area contributed by atoms with Gasteiger partial charge in [-0.2, -0.15) is 4.98 Å². The molecule has 1 aliphatic rings. The number of hydrogen-bond donors (Lipinski definition) is 1. The van der Waals surface area contributed by atoms with Crippen LogP contribution in [0.5, 0.6) is 11.5 Å². The van der Waals surface area contributed by atoms with Gasteiger partial charge in [0.15, 0.2) is 17.3 Å². The molecule has 0 bridgehead atoms. The van der Waals surface area contributed by atoms with E-state index in [-0.39, 0.29) is 11.9 Å². The lowest BCUT2D eigenvalue weighted by molar-refractivity contribution is -0.121. The zero-order valence-corrected chi connectivity index (χ0v) is 14.4. The van der Waals surface area contributed by atoms with E-state index in [0.717, 1.165) is 16.4 Å². The predicted molar refractivity (Wildman–Crippen MR) is 88.4 cm³/mol. The number of benzene rings is 1. The fourth-order valence-electron chi connectivity index (χ4n) is 2.24. The Morgan fingerprint density at radius 3 is 2.88 bits per heavy atom. The van der Waals surface area contributed by atoms with Crippen LogP contribution in [-0.2, 0) is 4.79 Å². The SMILES string of the molecule is Cc1noc([C@H](C)NC(=O)CCSc2ccc3c(c2)OCCO3)n1. The van der Waals surface area contributed by atoms with Gasteiger partial charge in [0.1, 0.15) is 19.3 Å². The fourth-order valence-corrected chi connectivity index (χ4v) is 3.12. The number of hydrogen-bond acceptors (Lipinski definition) is 7. The summed E-state index contributed by atoms with van der Waals surface area (Å²) in [7, 11) is 0. The normalized spacial score (nSPS) is 14.2. The smallest absolute Gasteiger partial charge is 0.248 e. The summed E-state index contributed by atoms with van der Waals surface area (Å²) in [5.74, 6) is 3.12. The van der Waals surface area contributed by atoms with Crippen molar-refractivity contribution in [2.75, 3.05) is 19.0 Å². The van der Waals surface area contributed by atoms with E-state index in [1.165, 1.54) is 0 Å². The molecule has 1 aliphatic heterocycles. The van der Waals surface area contributed by atoms with Gasteiger partial charge in [0.05, 0.1) is 0 Å². The highest BCUT2D eigenvalue weighted by atomic mass is 32.2. The van der Waals surface area contributed by atoms with Crippen LogP contribution < -0.4 is 14.8 Å². The molecule has 1 aromatic heterocycles. The second-order valence-electron chi connectivity index (χ2n) is 5.37. The number of aryl methyl sites for hydroxylation is 1. The average Bonchev–Trinajstić information content (AvgIpc) is 3.01. The number of fused-ring (bicyclic) bond motifs is 1. The van der Waals surface area contributed by atoms with E-state index in [2.05, 4.69) is 15.5 Å². The lowest BCUT2D eigenvalue weighted by atomic mass is 10.3. The van der Waals surface area contributed by atoms with E-state index in [1.54, 1.807) is 18.7 Å². The molecule has 128 valence electrons. The van der Waals surface area contributed by atoms with Crippen molar-refractivity contribution in [1.29, 1.82) is 0 Å². The van der Waals surface area contributed by atoms with Gasteiger partial charge in [-0.3, -0.25) is 4.79 Å². The lowest BCUT2D eigenvalue weighted by Crippen LogP contribution is -2.27. The molecule has 3 rings (SSSR count). The highest BCUT2D eigenvalue weighted by molar-refractivity contribution is 7.99. The van der Waals surface area contributed by atoms with Crippen LogP contribution in [0.2, 0.25) is 0 Å². The van der Waals surface area contributed by atoms with Gasteiger partial charge in [-0.1, -0.05) is 5.16 Å². The Morgan fingerprint density at radius 1 is 1.33 bits per heavy atom. The summed E-state index contributed by atoms with van der Waals surface area (Å²) in [6.07, 6.45) is 0.399. The summed E-state index contributed by atoms with van der Waals surface area (Å²) in [6, 6.07) is 5.52. The molecule has 2 heterocycles. The van der Waals surface area contributed by atoms with Gasteiger partial charge in [0, 0.05) is 17.1 Å². The first-order valence-electron chi connectivity index (χ1n) is 7.74. The number of carbonyl (C=O) groups is 1. The lowest BCUT2D eigenvalue weighted by Gasteiger charge is -2.18. The standard InChI is InChI=1S/C16H19N3O4S/c1-10(16-18-11(2)19-23-16)17-15(20)5-8-24-12-3-4-13-14(9-12)22-7-6-21-13/h3-4,9-10H,5-8H2,1-2H3,(H,17,20)/t10-/m0/s1. The van der Waals surface area contributed by atoms with E-state index >= 15 is 0 Å². The molecule has 0 spiro atoms. The van der Waals surface area contributed by atoms with Crippen LogP contribution in [0.4, 0.5) is 0 Å². The summed E-state index contributed by atoms with van der Waals surface area (Å²) in [6.45, 7) is 4.71. The number of ether oxygens (including phenoxy) is 2. The number of carbonyl (C=O) groups excluding carboxylic acids is 1. The number of aromatic nitrogens is 2. The maximum atomic E-state index is 12.0. The van der Waals surface area contributed by atoms with E-state index < -0.39 is 0 Å². The summed E-state index contributed by atoms with van der Waals surface area (Å²) in [5, 5.41) is 6.57. The third-order valence-corrected chi connectivity index (χ3v) is 4.40. The third kappa shape index (κ3) is 4.19. The second kappa shape index (κ2) is 7.57. The molecule has 8 heteroatoms. The molecule has 1 N–H and O–H groups in total. The van der Waals surface area contributed by atoms with E-state index in [1.807, 2.05) is 25.1 Å². The van der Waals surface area contributed by atoms with Crippen LogP contribution in [0.3, 0.4) is 0 Å². The Bertz CT molecular complexity index is 719. The number of amides is 1. The first-order valence-corrected chi connectivity index (χ1v) is 8.72. The van der Waals surface area contributed by atoms with Crippen molar-refractivity contribution in [1.82, 2.24) is 15.5 Å². The predicted octanol–water partition coefficient (Wildman–Crippen LogP) is 2.51. The van der Waals surface area contributed by atoms with Crippen LogP contribution >= 0.6 is 11.8 Å². The van der Waals surface area contributed by atoms with Crippen LogP contribution in [-0.4, -0.2) is 35.0 Å². The van der Waals surface area contributed by atoms with Crippen LogP contribution in [0, 0.1) is 6.92 Å². The summed E-state index contributed by atoms with van der Waals surface area (Å²) < 4.78 is 16.1. The zero-order chi connectivity index (χ0) is 16.9. The maximum absolute atomic E-state index is 12.0. The van der Waals surface area contributed by atoms with Gasteiger partial charge in [0.2, 0.25) is 11.8 Å². The quantitative estimate of drug-likeness (QED) is 0.802. The zero-order valence-electron chi connectivity index (χ0n) is 13.6.